The number of nitrogens with zero attached hydrogens (tertiary/aromatic N) is 4. The SMILES string of the molecule is CC1(C)c2ccccc2-c2ccc3c(c21)c1ccc2c4cccc(-c5nc(-c6ccccc6)nc(-c6ccccc6)n5)c4oc2c1n3-c1ccccc1. The van der Waals surface area contributed by atoms with Gasteiger partial charge in [-0.1, -0.05) is 141 Å². The van der Waals surface area contributed by atoms with Crippen LogP contribution in [-0.2, 0) is 5.41 Å². The Morgan fingerprint density at radius 1 is 0.472 bits per heavy atom. The number of rotatable bonds is 4. The number of para-hydroxylation sites is 2. The van der Waals surface area contributed by atoms with Crippen molar-refractivity contribution in [2.75, 3.05) is 0 Å². The number of benzene rings is 7. The molecule has 0 atom stereocenters. The molecule has 5 nitrogen and oxygen atoms in total. The zero-order valence-corrected chi connectivity index (χ0v) is 29.2. The molecule has 0 spiro atoms. The van der Waals surface area contributed by atoms with Crippen LogP contribution in [0, 0.1) is 0 Å². The molecule has 53 heavy (non-hydrogen) atoms. The van der Waals surface area contributed by atoms with Gasteiger partial charge in [-0.25, -0.2) is 15.0 Å². The lowest BCUT2D eigenvalue weighted by Crippen LogP contribution is -2.15. The van der Waals surface area contributed by atoms with E-state index in [1.54, 1.807) is 0 Å². The molecule has 1 aliphatic carbocycles. The van der Waals surface area contributed by atoms with E-state index in [0.29, 0.717) is 17.5 Å². The van der Waals surface area contributed by atoms with Gasteiger partial charge in [0.25, 0.3) is 0 Å². The molecule has 1 aliphatic rings. The predicted octanol–water partition coefficient (Wildman–Crippen LogP) is 12.2. The number of fused-ring (bicyclic) bond motifs is 11. The van der Waals surface area contributed by atoms with Crippen molar-refractivity contribution in [3.63, 3.8) is 0 Å². The molecule has 0 bridgehead atoms. The first-order chi connectivity index (χ1) is 26.1. The molecule has 11 rings (SSSR count). The molecule has 0 unspecified atom stereocenters. The van der Waals surface area contributed by atoms with E-state index in [0.717, 1.165) is 55.3 Å². The molecule has 0 radical (unpaired) electrons. The third-order valence-electron chi connectivity index (χ3n) is 11.0. The highest BCUT2D eigenvalue weighted by Crippen LogP contribution is 2.54. The molecule has 0 N–H and O–H groups in total. The average Bonchev–Trinajstić information content (AvgIpc) is 3.84. The Morgan fingerprint density at radius 2 is 1.06 bits per heavy atom. The maximum atomic E-state index is 7.15. The Bertz CT molecular complexity index is 3010. The molecule has 0 aliphatic heterocycles. The lowest BCUT2D eigenvalue weighted by molar-refractivity contribution is 0.666. The van der Waals surface area contributed by atoms with Crippen molar-refractivity contribution in [2.24, 2.45) is 0 Å². The molecule has 0 amide bonds. The van der Waals surface area contributed by atoms with E-state index in [4.69, 9.17) is 19.4 Å². The fraction of sp³-hybridized carbons (Fsp3) is 0.0625. The van der Waals surface area contributed by atoms with Crippen molar-refractivity contribution in [1.82, 2.24) is 19.5 Å². The summed E-state index contributed by atoms with van der Waals surface area (Å²) in [7, 11) is 0. The summed E-state index contributed by atoms with van der Waals surface area (Å²) in [5.74, 6) is 1.80. The monoisotopic (exact) mass is 680 g/mol. The second-order valence-corrected chi connectivity index (χ2v) is 14.4. The van der Waals surface area contributed by atoms with E-state index in [1.165, 1.54) is 33.0 Å². The summed E-state index contributed by atoms with van der Waals surface area (Å²) in [6.45, 7) is 4.72. The van der Waals surface area contributed by atoms with Gasteiger partial charge in [-0.05, 0) is 52.6 Å². The van der Waals surface area contributed by atoms with Crippen LogP contribution in [0.4, 0.5) is 0 Å². The topological polar surface area (TPSA) is 56.7 Å². The van der Waals surface area contributed by atoms with Gasteiger partial charge in [0.05, 0.1) is 16.6 Å². The predicted molar refractivity (Wildman–Crippen MR) is 215 cm³/mol. The quantitative estimate of drug-likeness (QED) is 0.186. The molecule has 10 aromatic rings. The molecule has 3 heterocycles. The third-order valence-corrected chi connectivity index (χ3v) is 11.0. The Balaban J connectivity index is 1.23. The third kappa shape index (κ3) is 4.28. The van der Waals surface area contributed by atoms with E-state index < -0.39 is 0 Å². The molecule has 0 saturated carbocycles. The summed E-state index contributed by atoms with van der Waals surface area (Å²) in [5.41, 5.74) is 12.7. The van der Waals surface area contributed by atoms with Gasteiger partial charge in [0.1, 0.15) is 5.58 Å². The summed E-state index contributed by atoms with van der Waals surface area (Å²) >= 11 is 0. The lowest BCUT2D eigenvalue weighted by atomic mass is 9.80. The zero-order chi connectivity index (χ0) is 35.3. The minimum Gasteiger partial charge on any atom is -0.453 e. The molecular weight excluding hydrogens is 649 g/mol. The van der Waals surface area contributed by atoms with Crippen LogP contribution in [0.15, 0.2) is 162 Å². The van der Waals surface area contributed by atoms with Crippen molar-refractivity contribution in [3.05, 3.63) is 169 Å². The van der Waals surface area contributed by atoms with Gasteiger partial charge in [-0.3, -0.25) is 0 Å². The minimum atomic E-state index is -0.178. The highest BCUT2D eigenvalue weighted by atomic mass is 16.3. The van der Waals surface area contributed by atoms with E-state index in [2.05, 4.69) is 115 Å². The van der Waals surface area contributed by atoms with Gasteiger partial charge in [0.2, 0.25) is 0 Å². The first-order valence-electron chi connectivity index (χ1n) is 18.0. The standard InChI is InChI=1S/C48H32N4O/c1-48(2)38-24-13-12-21-32(38)33-27-28-39-40(41(33)48)36-26-25-35-34-22-14-23-37(43(34)53-44(35)42(36)52(39)31-19-10-5-11-20-31)47-50-45(29-15-6-3-7-16-29)49-46(51-47)30-17-8-4-9-18-30/h3-28H,1-2H3. The largest absolute Gasteiger partial charge is 0.453 e. The van der Waals surface area contributed by atoms with Crippen molar-refractivity contribution >= 4 is 43.7 Å². The van der Waals surface area contributed by atoms with Gasteiger partial charge in [-0.2, -0.15) is 0 Å². The molecule has 3 aromatic heterocycles. The lowest BCUT2D eigenvalue weighted by Gasteiger charge is -2.22. The molecule has 5 heteroatoms. The highest BCUT2D eigenvalue weighted by molar-refractivity contribution is 6.24. The van der Waals surface area contributed by atoms with Gasteiger partial charge in [-0.15, -0.1) is 0 Å². The van der Waals surface area contributed by atoms with Gasteiger partial charge in [0, 0.05) is 43.8 Å². The van der Waals surface area contributed by atoms with E-state index >= 15 is 0 Å². The minimum absolute atomic E-state index is 0.178. The van der Waals surface area contributed by atoms with Crippen molar-refractivity contribution in [1.29, 1.82) is 0 Å². The van der Waals surface area contributed by atoms with E-state index in [9.17, 15) is 0 Å². The van der Waals surface area contributed by atoms with Gasteiger partial charge < -0.3 is 8.98 Å². The number of hydrogen-bond acceptors (Lipinski definition) is 4. The van der Waals surface area contributed by atoms with Crippen LogP contribution in [0.3, 0.4) is 0 Å². The van der Waals surface area contributed by atoms with Crippen LogP contribution in [0.5, 0.6) is 0 Å². The summed E-state index contributed by atoms with van der Waals surface area (Å²) in [5, 5.41) is 4.51. The highest BCUT2D eigenvalue weighted by Gasteiger charge is 2.38. The fourth-order valence-corrected chi connectivity index (χ4v) is 8.66. The number of hydrogen-bond donors (Lipinski definition) is 0. The van der Waals surface area contributed by atoms with E-state index in [1.807, 2.05) is 60.7 Å². The summed E-state index contributed by atoms with van der Waals surface area (Å²) in [4.78, 5) is 15.1. The Morgan fingerprint density at radius 3 is 1.77 bits per heavy atom. The normalized spacial score (nSPS) is 13.2. The van der Waals surface area contributed by atoms with Crippen LogP contribution < -0.4 is 0 Å². The van der Waals surface area contributed by atoms with Crippen LogP contribution in [-0.4, -0.2) is 19.5 Å². The van der Waals surface area contributed by atoms with Crippen LogP contribution in [0.1, 0.15) is 25.0 Å². The van der Waals surface area contributed by atoms with Gasteiger partial charge in [0.15, 0.2) is 23.1 Å². The maximum absolute atomic E-state index is 7.15. The summed E-state index contributed by atoms with van der Waals surface area (Å²) in [6, 6.07) is 55.1. The van der Waals surface area contributed by atoms with Crippen LogP contribution in [0.2, 0.25) is 0 Å². The molecule has 0 saturated heterocycles. The zero-order valence-electron chi connectivity index (χ0n) is 29.2. The first-order valence-corrected chi connectivity index (χ1v) is 18.0. The summed E-state index contributed by atoms with van der Waals surface area (Å²) in [6.07, 6.45) is 0. The van der Waals surface area contributed by atoms with Crippen molar-refractivity contribution in [3.8, 4) is 51.0 Å². The van der Waals surface area contributed by atoms with Crippen molar-refractivity contribution in [2.45, 2.75) is 19.3 Å². The van der Waals surface area contributed by atoms with Crippen molar-refractivity contribution < 1.29 is 4.42 Å². The Kier molecular flexibility index (Phi) is 6.23. The Labute approximate surface area is 305 Å². The second-order valence-electron chi connectivity index (χ2n) is 14.4. The number of aromatic nitrogens is 4. The molecular formula is C48H32N4O. The average molecular weight is 681 g/mol. The second kappa shape index (κ2) is 11.1. The van der Waals surface area contributed by atoms with Crippen LogP contribution in [0.25, 0.3) is 94.7 Å². The molecule has 0 fully saturated rings. The first kappa shape index (κ1) is 29.8. The van der Waals surface area contributed by atoms with E-state index in [-0.39, 0.29) is 5.41 Å². The molecule has 7 aromatic carbocycles. The number of furan rings is 1. The van der Waals surface area contributed by atoms with Gasteiger partial charge >= 0.3 is 0 Å². The fourth-order valence-electron chi connectivity index (χ4n) is 8.66. The summed E-state index contributed by atoms with van der Waals surface area (Å²) < 4.78 is 9.53. The molecule has 250 valence electrons. The Hall–Kier alpha value is -6.85. The smallest absolute Gasteiger partial charge is 0.167 e. The van der Waals surface area contributed by atoms with Crippen LogP contribution >= 0.6 is 0 Å². The maximum Gasteiger partial charge on any atom is 0.167 e.